The lowest BCUT2D eigenvalue weighted by atomic mass is 9.91. The van der Waals surface area contributed by atoms with Crippen LogP contribution in [0.5, 0.6) is 0 Å². The molecule has 2 aliphatic heterocycles. The molecule has 1 N–H and O–H groups in total. The number of nitrogens with zero attached hydrogens (tertiary/aromatic N) is 2. The Hall–Kier alpha value is -1.33. The molecule has 3 fully saturated rings. The first-order valence-electron chi connectivity index (χ1n) is 7.20. The molecule has 3 atom stereocenters. The van der Waals surface area contributed by atoms with Crippen LogP contribution in [-0.4, -0.2) is 33.4 Å². The van der Waals surface area contributed by atoms with E-state index in [1.54, 1.807) is 24.2 Å². The van der Waals surface area contributed by atoms with E-state index in [1.165, 1.54) is 19.3 Å². The summed E-state index contributed by atoms with van der Waals surface area (Å²) >= 11 is 1.66. The van der Waals surface area contributed by atoms with E-state index < -0.39 is 0 Å². The van der Waals surface area contributed by atoms with E-state index >= 15 is 0 Å². The van der Waals surface area contributed by atoms with Crippen LogP contribution in [0.2, 0.25) is 0 Å². The second-order valence-electron chi connectivity index (χ2n) is 5.60. The van der Waals surface area contributed by atoms with E-state index in [1.807, 2.05) is 18.2 Å². The molecule has 5 heteroatoms. The van der Waals surface area contributed by atoms with Crippen molar-refractivity contribution in [3.8, 4) is 0 Å². The number of hydrogen-bond acceptors (Lipinski definition) is 4. The summed E-state index contributed by atoms with van der Waals surface area (Å²) in [5, 5.41) is 3.62. The lowest BCUT2D eigenvalue weighted by Gasteiger charge is -2.29. The largest absolute Gasteiger partial charge is 0.309 e. The number of rotatable bonds is 1. The van der Waals surface area contributed by atoms with Crippen molar-refractivity contribution in [2.24, 2.45) is 0 Å². The molecule has 4 nitrogen and oxygen atoms in total. The third-order valence-electron chi connectivity index (χ3n) is 4.38. The van der Waals surface area contributed by atoms with Crippen LogP contribution in [0.4, 0.5) is 0 Å². The maximum Gasteiger partial charge on any atom is 0.262 e. The SMILES string of the molecule is O=C1/C(=C\c2ccncc2)SC2NC3CCCCC3N12. The van der Waals surface area contributed by atoms with Crippen molar-refractivity contribution in [3.63, 3.8) is 0 Å². The number of pyridine rings is 1. The zero-order valence-electron chi connectivity index (χ0n) is 11.2. The highest BCUT2D eigenvalue weighted by Crippen LogP contribution is 2.43. The summed E-state index contributed by atoms with van der Waals surface area (Å²) in [6.07, 6.45) is 10.4. The number of nitrogens with one attached hydrogen (secondary N) is 1. The summed E-state index contributed by atoms with van der Waals surface area (Å²) in [6.45, 7) is 0. The summed E-state index contributed by atoms with van der Waals surface area (Å²) < 4.78 is 0. The van der Waals surface area contributed by atoms with Crippen LogP contribution in [0.25, 0.3) is 6.08 Å². The van der Waals surface area contributed by atoms with Gasteiger partial charge in [-0.2, -0.15) is 0 Å². The number of hydrogen-bond donors (Lipinski definition) is 1. The molecule has 0 spiro atoms. The third kappa shape index (κ3) is 1.96. The van der Waals surface area contributed by atoms with Crippen LogP contribution in [0.3, 0.4) is 0 Å². The molecule has 1 aromatic heterocycles. The zero-order valence-corrected chi connectivity index (χ0v) is 12.0. The number of aromatic nitrogens is 1. The van der Waals surface area contributed by atoms with Crippen molar-refractivity contribution in [1.82, 2.24) is 15.2 Å². The van der Waals surface area contributed by atoms with Crippen LogP contribution in [0.15, 0.2) is 29.4 Å². The van der Waals surface area contributed by atoms with Crippen molar-refractivity contribution in [2.45, 2.75) is 43.3 Å². The Kier molecular flexibility index (Phi) is 3.04. The van der Waals surface area contributed by atoms with Gasteiger partial charge < -0.3 is 4.90 Å². The van der Waals surface area contributed by atoms with Crippen molar-refractivity contribution >= 4 is 23.7 Å². The molecular weight excluding hydrogens is 270 g/mol. The molecule has 104 valence electrons. The first-order chi connectivity index (χ1) is 9.83. The fourth-order valence-electron chi connectivity index (χ4n) is 3.43. The van der Waals surface area contributed by atoms with Gasteiger partial charge >= 0.3 is 0 Å². The van der Waals surface area contributed by atoms with Gasteiger partial charge in [-0.1, -0.05) is 24.6 Å². The molecule has 3 aliphatic rings. The summed E-state index contributed by atoms with van der Waals surface area (Å²) in [6, 6.07) is 4.77. The Morgan fingerprint density at radius 2 is 2.10 bits per heavy atom. The Labute approximate surface area is 122 Å². The van der Waals surface area contributed by atoms with Gasteiger partial charge in [0, 0.05) is 24.5 Å². The average molecular weight is 287 g/mol. The molecule has 3 heterocycles. The summed E-state index contributed by atoms with van der Waals surface area (Å²) in [5.41, 5.74) is 1.18. The van der Waals surface area contributed by atoms with Gasteiger partial charge in [0.1, 0.15) is 5.50 Å². The molecule has 1 aromatic rings. The number of carbonyl (C=O) groups is 1. The van der Waals surface area contributed by atoms with Gasteiger partial charge in [-0.25, -0.2) is 0 Å². The molecule has 0 bridgehead atoms. The molecule has 1 saturated carbocycles. The van der Waals surface area contributed by atoms with Crippen LogP contribution in [-0.2, 0) is 4.79 Å². The van der Waals surface area contributed by atoms with Crippen molar-refractivity contribution in [1.29, 1.82) is 0 Å². The van der Waals surface area contributed by atoms with E-state index in [-0.39, 0.29) is 11.4 Å². The van der Waals surface area contributed by atoms with E-state index in [4.69, 9.17) is 0 Å². The fourth-order valence-corrected chi connectivity index (χ4v) is 4.69. The van der Waals surface area contributed by atoms with Gasteiger partial charge in [0.15, 0.2) is 0 Å². The fraction of sp³-hybridized carbons (Fsp3) is 0.467. The normalized spacial score (nSPS) is 34.4. The minimum atomic E-state index is 0.142. The van der Waals surface area contributed by atoms with Crippen LogP contribution < -0.4 is 5.32 Å². The molecule has 20 heavy (non-hydrogen) atoms. The van der Waals surface area contributed by atoms with E-state index in [2.05, 4.69) is 15.2 Å². The minimum absolute atomic E-state index is 0.142. The lowest BCUT2D eigenvalue weighted by Crippen LogP contribution is -2.40. The number of thioether (sulfide) groups is 1. The Morgan fingerprint density at radius 1 is 1.30 bits per heavy atom. The van der Waals surface area contributed by atoms with Crippen molar-refractivity contribution in [2.75, 3.05) is 0 Å². The molecule has 4 rings (SSSR count). The zero-order chi connectivity index (χ0) is 13.5. The van der Waals surface area contributed by atoms with E-state index in [0.717, 1.165) is 16.9 Å². The molecule has 3 unspecified atom stereocenters. The van der Waals surface area contributed by atoms with E-state index in [0.29, 0.717) is 12.1 Å². The molecule has 1 aliphatic carbocycles. The number of amides is 1. The predicted molar refractivity (Wildman–Crippen MR) is 79.6 cm³/mol. The maximum atomic E-state index is 12.6. The first-order valence-corrected chi connectivity index (χ1v) is 8.08. The van der Waals surface area contributed by atoms with Gasteiger partial charge in [-0.05, 0) is 36.6 Å². The molecular formula is C15H17N3OS. The van der Waals surface area contributed by atoms with Crippen LogP contribution in [0.1, 0.15) is 31.2 Å². The number of fused-ring (bicyclic) bond motifs is 3. The standard InChI is InChI=1S/C15H17N3OS/c19-14-13(9-10-5-7-16-8-6-10)20-15-17-11-3-1-2-4-12(11)18(14)15/h5-9,11-12,15,17H,1-4H2/b13-9+. The summed E-state index contributed by atoms with van der Waals surface area (Å²) in [4.78, 5) is 19.5. The molecule has 0 radical (unpaired) electrons. The van der Waals surface area contributed by atoms with Crippen molar-refractivity contribution in [3.05, 3.63) is 35.0 Å². The van der Waals surface area contributed by atoms with Crippen molar-refractivity contribution < 1.29 is 4.79 Å². The minimum Gasteiger partial charge on any atom is -0.309 e. The predicted octanol–water partition coefficient (Wildman–Crippen LogP) is 2.20. The molecule has 0 aromatic carbocycles. The van der Waals surface area contributed by atoms with Gasteiger partial charge in [-0.3, -0.25) is 15.1 Å². The third-order valence-corrected chi connectivity index (χ3v) is 5.52. The smallest absolute Gasteiger partial charge is 0.262 e. The Bertz CT molecular complexity index is 559. The summed E-state index contributed by atoms with van der Waals surface area (Å²) in [7, 11) is 0. The second-order valence-corrected chi connectivity index (χ2v) is 6.72. The second kappa shape index (κ2) is 4.90. The summed E-state index contributed by atoms with van der Waals surface area (Å²) in [5.74, 6) is 0.193. The first kappa shape index (κ1) is 12.4. The van der Waals surface area contributed by atoms with Gasteiger partial charge in [0.05, 0.1) is 4.91 Å². The molecule has 1 amide bonds. The molecule has 2 saturated heterocycles. The Morgan fingerprint density at radius 3 is 2.95 bits per heavy atom. The Balaban J connectivity index is 1.59. The van der Waals surface area contributed by atoms with Gasteiger partial charge in [0.2, 0.25) is 0 Å². The highest BCUT2D eigenvalue weighted by atomic mass is 32.2. The lowest BCUT2D eigenvalue weighted by molar-refractivity contribution is -0.127. The van der Waals surface area contributed by atoms with E-state index in [9.17, 15) is 4.79 Å². The van der Waals surface area contributed by atoms with Crippen LogP contribution in [0, 0.1) is 0 Å². The number of carbonyl (C=O) groups excluding carboxylic acids is 1. The monoisotopic (exact) mass is 287 g/mol. The highest BCUT2D eigenvalue weighted by Gasteiger charge is 2.49. The topological polar surface area (TPSA) is 45.2 Å². The van der Waals surface area contributed by atoms with Crippen LogP contribution >= 0.6 is 11.8 Å². The quantitative estimate of drug-likeness (QED) is 0.804. The van der Waals surface area contributed by atoms with Gasteiger partial charge in [0.25, 0.3) is 5.91 Å². The highest BCUT2D eigenvalue weighted by molar-refractivity contribution is 8.05. The maximum absolute atomic E-state index is 12.6. The average Bonchev–Trinajstić information content (AvgIpc) is 2.98. The van der Waals surface area contributed by atoms with Gasteiger partial charge in [-0.15, -0.1) is 0 Å².